The average molecular weight is 387 g/mol. The van der Waals surface area contributed by atoms with Gasteiger partial charge in [0, 0.05) is 22.8 Å². The minimum atomic E-state index is -0.330. The Hall–Kier alpha value is -2.93. The highest BCUT2D eigenvalue weighted by atomic mass is 35.5. The van der Waals surface area contributed by atoms with Gasteiger partial charge in [-0.15, -0.1) is 0 Å². The monoisotopic (exact) mass is 386 g/mol. The Balaban J connectivity index is 1.50. The second-order valence-corrected chi connectivity index (χ2v) is 6.69. The predicted octanol–water partition coefficient (Wildman–Crippen LogP) is 4.90. The average Bonchev–Trinajstić information content (AvgIpc) is 3.33. The normalized spacial score (nSPS) is 16.5. The van der Waals surface area contributed by atoms with Crippen LogP contribution in [0.2, 0.25) is 5.02 Å². The number of hydrogen-bond donors (Lipinski definition) is 1. The number of nitrogens with one attached hydrogen (secondary N) is 1. The van der Waals surface area contributed by atoms with Gasteiger partial charge < -0.3 is 14.7 Å². The third-order valence-electron chi connectivity index (χ3n) is 4.44. The molecule has 0 radical (unpaired) electrons. The molecule has 8 heteroatoms. The topological polar surface area (TPSA) is 71.3 Å². The largest absolute Gasteiger partial charge is 0.337 e. The van der Waals surface area contributed by atoms with E-state index in [1.54, 1.807) is 41.3 Å². The number of carbonyl (C=O) groups excluding carboxylic acids is 1. The van der Waals surface area contributed by atoms with E-state index in [2.05, 4.69) is 15.5 Å². The van der Waals surface area contributed by atoms with Crippen LogP contribution in [0.5, 0.6) is 0 Å². The molecule has 1 atom stereocenters. The summed E-state index contributed by atoms with van der Waals surface area (Å²) in [4.78, 5) is 18.7. The smallest absolute Gasteiger partial charge is 0.322 e. The molecule has 1 fully saturated rings. The molecule has 0 saturated carbocycles. The Labute approximate surface area is 159 Å². The number of carbonyl (C=O) groups is 1. The molecule has 1 aromatic heterocycles. The molecule has 1 saturated heterocycles. The molecule has 0 aliphatic carbocycles. The molecule has 138 valence electrons. The lowest BCUT2D eigenvalue weighted by Crippen LogP contribution is -2.34. The van der Waals surface area contributed by atoms with Crippen LogP contribution in [-0.2, 0) is 0 Å². The Morgan fingerprint density at radius 3 is 2.67 bits per heavy atom. The molecular weight excluding hydrogens is 371 g/mol. The molecular formula is C19H16ClFN4O2. The fourth-order valence-corrected chi connectivity index (χ4v) is 3.21. The van der Waals surface area contributed by atoms with Crippen molar-refractivity contribution in [3.63, 3.8) is 0 Å². The number of benzene rings is 2. The quantitative estimate of drug-likeness (QED) is 0.695. The summed E-state index contributed by atoms with van der Waals surface area (Å²) in [5.74, 6) is 0.413. The maximum Gasteiger partial charge on any atom is 0.322 e. The summed E-state index contributed by atoms with van der Waals surface area (Å²) >= 11 is 5.87. The van der Waals surface area contributed by atoms with Crippen LogP contribution in [0, 0.1) is 5.82 Å². The van der Waals surface area contributed by atoms with E-state index >= 15 is 0 Å². The highest BCUT2D eigenvalue weighted by Crippen LogP contribution is 2.32. The van der Waals surface area contributed by atoms with E-state index < -0.39 is 0 Å². The lowest BCUT2D eigenvalue weighted by Gasteiger charge is -2.22. The van der Waals surface area contributed by atoms with E-state index in [0.29, 0.717) is 34.5 Å². The third-order valence-corrected chi connectivity index (χ3v) is 4.69. The first-order valence-electron chi connectivity index (χ1n) is 8.53. The van der Waals surface area contributed by atoms with Crippen molar-refractivity contribution >= 4 is 23.3 Å². The SMILES string of the molecule is O=C(Nc1ccc(Cl)cc1)N1CCC[C@@H]1c1nc(-c2ccc(F)cc2)no1. The summed E-state index contributed by atoms with van der Waals surface area (Å²) in [5, 5.41) is 7.42. The second-order valence-electron chi connectivity index (χ2n) is 6.25. The van der Waals surface area contributed by atoms with E-state index in [4.69, 9.17) is 16.1 Å². The second kappa shape index (κ2) is 7.36. The Kier molecular flexibility index (Phi) is 4.77. The minimum Gasteiger partial charge on any atom is -0.337 e. The van der Waals surface area contributed by atoms with Gasteiger partial charge in [-0.25, -0.2) is 9.18 Å². The van der Waals surface area contributed by atoms with Gasteiger partial charge in [-0.3, -0.25) is 0 Å². The number of urea groups is 1. The van der Waals surface area contributed by atoms with Gasteiger partial charge in [-0.05, 0) is 61.4 Å². The minimum absolute atomic E-state index is 0.235. The predicted molar refractivity (Wildman–Crippen MR) is 98.8 cm³/mol. The summed E-state index contributed by atoms with van der Waals surface area (Å²) in [7, 11) is 0. The molecule has 2 aromatic carbocycles. The van der Waals surface area contributed by atoms with E-state index in [1.165, 1.54) is 12.1 Å². The van der Waals surface area contributed by atoms with Crippen molar-refractivity contribution in [2.75, 3.05) is 11.9 Å². The van der Waals surface area contributed by atoms with E-state index in [9.17, 15) is 9.18 Å². The van der Waals surface area contributed by atoms with Crippen molar-refractivity contribution in [2.24, 2.45) is 0 Å². The maximum absolute atomic E-state index is 13.1. The maximum atomic E-state index is 13.1. The van der Waals surface area contributed by atoms with E-state index in [1.807, 2.05) is 0 Å². The fraction of sp³-hybridized carbons (Fsp3) is 0.211. The first-order valence-corrected chi connectivity index (χ1v) is 8.91. The summed E-state index contributed by atoms with van der Waals surface area (Å²) in [6.45, 7) is 0.596. The summed E-state index contributed by atoms with van der Waals surface area (Å²) in [5.41, 5.74) is 1.31. The molecule has 0 spiro atoms. The summed E-state index contributed by atoms with van der Waals surface area (Å²) in [6, 6.07) is 12.2. The third kappa shape index (κ3) is 3.78. The van der Waals surface area contributed by atoms with Crippen LogP contribution < -0.4 is 5.32 Å². The van der Waals surface area contributed by atoms with E-state index in [0.717, 1.165) is 12.8 Å². The number of amides is 2. The summed E-state index contributed by atoms with van der Waals surface area (Å²) in [6.07, 6.45) is 1.58. The van der Waals surface area contributed by atoms with Crippen LogP contribution in [0.3, 0.4) is 0 Å². The van der Waals surface area contributed by atoms with Gasteiger partial charge in [-0.1, -0.05) is 16.8 Å². The molecule has 0 bridgehead atoms. The lowest BCUT2D eigenvalue weighted by atomic mass is 10.2. The van der Waals surface area contributed by atoms with Crippen LogP contribution in [0.15, 0.2) is 53.1 Å². The van der Waals surface area contributed by atoms with Crippen LogP contribution in [0.25, 0.3) is 11.4 Å². The number of anilines is 1. The van der Waals surface area contributed by atoms with E-state index in [-0.39, 0.29) is 17.9 Å². The molecule has 1 aliphatic rings. The van der Waals surface area contributed by atoms with Crippen molar-refractivity contribution < 1.29 is 13.7 Å². The Bertz CT molecular complexity index is 943. The fourth-order valence-electron chi connectivity index (χ4n) is 3.08. The molecule has 1 aliphatic heterocycles. The molecule has 1 N–H and O–H groups in total. The number of rotatable bonds is 3. The lowest BCUT2D eigenvalue weighted by molar-refractivity contribution is 0.193. The first-order chi connectivity index (χ1) is 13.1. The molecule has 0 unspecified atom stereocenters. The molecule has 2 amide bonds. The van der Waals surface area contributed by atoms with Gasteiger partial charge in [0.05, 0.1) is 0 Å². The summed E-state index contributed by atoms with van der Waals surface area (Å²) < 4.78 is 18.5. The van der Waals surface area contributed by atoms with Gasteiger partial charge in [-0.2, -0.15) is 4.98 Å². The first kappa shape index (κ1) is 17.5. The zero-order chi connectivity index (χ0) is 18.8. The zero-order valence-electron chi connectivity index (χ0n) is 14.2. The highest BCUT2D eigenvalue weighted by Gasteiger charge is 2.34. The number of aromatic nitrogens is 2. The van der Waals surface area contributed by atoms with Gasteiger partial charge in [0.1, 0.15) is 11.9 Å². The number of nitrogens with zero attached hydrogens (tertiary/aromatic N) is 3. The number of hydrogen-bond acceptors (Lipinski definition) is 4. The molecule has 2 heterocycles. The van der Waals surface area contributed by atoms with Crippen LogP contribution in [-0.4, -0.2) is 27.6 Å². The Morgan fingerprint density at radius 2 is 1.93 bits per heavy atom. The van der Waals surface area contributed by atoms with Crippen molar-refractivity contribution in [1.29, 1.82) is 0 Å². The molecule has 27 heavy (non-hydrogen) atoms. The van der Waals surface area contributed by atoms with Crippen molar-refractivity contribution in [3.8, 4) is 11.4 Å². The van der Waals surface area contributed by atoms with Crippen molar-refractivity contribution in [3.05, 3.63) is 65.3 Å². The van der Waals surface area contributed by atoms with Gasteiger partial charge in [0.25, 0.3) is 0 Å². The van der Waals surface area contributed by atoms with Gasteiger partial charge in [0.2, 0.25) is 11.7 Å². The Morgan fingerprint density at radius 1 is 1.19 bits per heavy atom. The van der Waals surface area contributed by atoms with Crippen LogP contribution in [0.4, 0.5) is 14.9 Å². The van der Waals surface area contributed by atoms with Gasteiger partial charge in [0.15, 0.2) is 0 Å². The standard InChI is InChI=1S/C19H16ClFN4O2/c20-13-5-9-15(10-6-13)22-19(26)25-11-1-2-16(25)18-23-17(24-27-18)12-3-7-14(21)8-4-12/h3-10,16H,1-2,11H2,(H,22,26)/t16-/m1/s1. The molecule has 6 nitrogen and oxygen atoms in total. The number of halogens is 2. The zero-order valence-corrected chi connectivity index (χ0v) is 15.0. The van der Waals surface area contributed by atoms with Crippen LogP contribution in [0.1, 0.15) is 24.8 Å². The molecule has 3 aromatic rings. The highest BCUT2D eigenvalue weighted by molar-refractivity contribution is 6.30. The van der Waals surface area contributed by atoms with Crippen molar-refractivity contribution in [1.82, 2.24) is 15.0 Å². The number of likely N-dealkylation sites (tertiary alicyclic amines) is 1. The molecule has 4 rings (SSSR count). The van der Waals surface area contributed by atoms with Gasteiger partial charge >= 0.3 is 6.03 Å². The van der Waals surface area contributed by atoms with Crippen LogP contribution >= 0.6 is 11.6 Å². The van der Waals surface area contributed by atoms with Crippen molar-refractivity contribution in [2.45, 2.75) is 18.9 Å².